The van der Waals surface area contributed by atoms with Crippen molar-refractivity contribution in [1.82, 2.24) is 9.88 Å². The number of hydrogen-bond donors (Lipinski definition) is 1. The number of carbonyl (C=O) groups is 1. The zero-order valence-electron chi connectivity index (χ0n) is 15.1. The van der Waals surface area contributed by atoms with Crippen LogP contribution in [0.1, 0.15) is 17.5 Å². The number of aromatic nitrogens is 1. The van der Waals surface area contributed by atoms with E-state index in [4.69, 9.17) is 4.74 Å². The first-order chi connectivity index (χ1) is 12.8. The normalized spacial score (nSPS) is 24.1. The number of morpholine rings is 1. The van der Waals surface area contributed by atoms with Crippen molar-refractivity contribution in [3.63, 3.8) is 0 Å². The number of aryl methyl sites for hydroxylation is 2. The zero-order chi connectivity index (χ0) is 19.2. The van der Waals surface area contributed by atoms with Gasteiger partial charge in [-0.15, -0.1) is 0 Å². The van der Waals surface area contributed by atoms with Gasteiger partial charge in [-0.25, -0.2) is 8.42 Å². The van der Waals surface area contributed by atoms with E-state index in [0.29, 0.717) is 25.1 Å². The molecule has 1 aromatic heterocycles. The van der Waals surface area contributed by atoms with Crippen LogP contribution in [0.4, 0.5) is 0 Å². The zero-order valence-corrected chi connectivity index (χ0v) is 15.9. The number of nitrogens with zero attached hydrogens (tertiary/aromatic N) is 1. The molecule has 144 valence electrons. The molecule has 4 rings (SSSR count). The minimum atomic E-state index is -3.17. The molecule has 1 amide bonds. The van der Waals surface area contributed by atoms with E-state index in [1.165, 1.54) is 0 Å². The smallest absolute Gasteiger partial charge is 0.251 e. The Morgan fingerprint density at radius 2 is 2.11 bits per heavy atom. The molecule has 2 saturated heterocycles. The van der Waals surface area contributed by atoms with Gasteiger partial charge < -0.3 is 14.6 Å². The van der Waals surface area contributed by atoms with E-state index in [0.717, 1.165) is 16.5 Å². The number of aromatic amines is 1. The van der Waals surface area contributed by atoms with Crippen molar-refractivity contribution in [1.29, 1.82) is 0 Å². The van der Waals surface area contributed by atoms with Gasteiger partial charge in [0.2, 0.25) is 5.91 Å². The van der Waals surface area contributed by atoms with Crippen molar-refractivity contribution in [3.05, 3.63) is 45.7 Å². The highest BCUT2D eigenvalue weighted by Gasteiger charge is 2.45. The number of nitrogens with one attached hydrogen (secondary N) is 1. The Hall–Kier alpha value is -2.19. The van der Waals surface area contributed by atoms with Gasteiger partial charge in [-0.2, -0.15) is 0 Å². The predicted molar refractivity (Wildman–Crippen MR) is 102 cm³/mol. The molecule has 0 radical (unpaired) electrons. The summed E-state index contributed by atoms with van der Waals surface area (Å²) in [7, 11) is -3.17. The molecule has 0 aliphatic carbocycles. The Morgan fingerprint density at radius 3 is 2.93 bits per heavy atom. The fourth-order valence-electron chi connectivity index (χ4n) is 3.96. The fourth-order valence-corrected chi connectivity index (χ4v) is 5.83. The highest BCUT2D eigenvalue weighted by Crippen LogP contribution is 2.25. The molecule has 1 aromatic carbocycles. The second-order valence-electron chi connectivity index (χ2n) is 7.36. The van der Waals surface area contributed by atoms with Gasteiger partial charge in [0, 0.05) is 24.0 Å². The van der Waals surface area contributed by atoms with E-state index in [9.17, 15) is 18.0 Å². The summed E-state index contributed by atoms with van der Waals surface area (Å²) in [6.07, 6.45) is 0.0587. The van der Waals surface area contributed by atoms with Crippen LogP contribution in [0.15, 0.2) is 29.1 Å². The molecule has 3 heterocycles. The number of benzene rings is 1. The van der Waals surface area contributed by atoms with Gasteiger partial charge in [-0.05, 0) is 36.4 Å². The van der Waals surface area contributed by atoms with Gasteiger partial charge in [0.15, 0.2) is 9.84 Å². The average molecular weight is 390 g/mol. The second kappa shape index (κ2) is 6.76. The number of rotatable bonds is 3. The Kier molecular flexibility index (Phi) is 4.55. The Balaban J connectivity index is 1.49. The van der Waals surface area contributed by atoms with Crippen LogP contribution in [0.5, 0.6) is 0 Å². The number of amides is 1. The third-order valence-corrected chi connectivity index (χ3v) is 7.03. The lowest BCUT2D eigenvalue weighted by Gasteiger charge is -2.36. The first kappa shape index (κ1) is 18.2. The van der Waals surface area contributed by atoms with Gasteiger partial charge in [-0.1, -0.05) is 12.1 Å². The summed E-state index contributed by atoms with van der Waals surface area (Å²) in [5.41, 5.74) is 2.21. The first-order valence-electron chi connectivity index (χ1n) is 9.06. The molecule has 0 bridgehead atoms. The third kappa shape index (κ3) is 3.64. The Bertz CT molecular complexity index is 1060. The summed E-state index contributed by atoms with van der Waals surface area (Å²) in [5, 5.41) is 0.927. The van der Waals surface area contributed by atoms with Crippen molar-refractivity contribution in [3.8, 4) is 0 Å². The van der Waals surface area contributed by atoms with E-state index >= 15 is 0 Å². The first-order valence-corrected chi connectivity index (χ1v) is 10.9. The topological polar surface area (TPSA) is 96.5 Å². The van der Waals surface area contributed by atoms with Gasteiger partial charge in [0.1, 0.15) is 0 Å². The van der Waals surface area contributed by atoms with Crippen molar-refractivity contribution in [2.75, 3.05) is 24.7 Å². The van der Waals surface area contributed by atoms with Crippen molar-refractivity contribution < 1.29 is 17.9 Å². The fraction of sp³-hybridized carbons (Fsp3) is 0.474. The van der Waals surface area contributed by atoms with Gasteiger partial charge in [0.25, 0.3) is 5.56 Å². The number of H-pyrrole nitrogens is 1. The minimum absolute atomic E-state index is 0.0226. The molecular weight excluding hydrogens is 368 g/mol. The number of hydrogen-bond acceptors (Lipinski definition) is 5. The largest absolute Gasteiger partial charge is 0.373 e. The highest BCUT2D eigenvalue weighted by atomic mass is 32.2. The predicted octanol–water partition coefficient (Wildman–Crippen LogP) is 0.794. The molecule has 8 heteroatoms. The average Bonchev–Trinajstić information content (AvgIpc) is 2.93. The van der Waals surface area contributed by atoms with Crippen molar-refractivity contribution in [2.24, 2.45) is 0 Å². The second-order valence-corrected chi connectivity index (χ2v) is 9.51. The van der Waals surface area contributed by atoms with Crippen molar-refractivity contribution in [2.45, 2.75) is 31.9 Å². The summed E-state index contributed by atoms with van der Waals surface area (Å²) in [5.74, 6) is -0.196. The lowest BCUT2D eigenvalue weighted by Crippen LogP contribution is -2.53. The number of fused-ring (bicyclic) bond motifs is 2. The molecule has 2 unspecified atom stereocenters. The van der Waals surface area contributed by atoms with E-state index in [1.807, 2.05) is 31.2 Å². The lowest BCUT2D eigenvalue weighted by atomic mass is 10.1. The molecule has 0 spiro atoms. The summed E-state index contributed by atoms with van der Waals surface area (Å²) in [4.78, 5) is 29.5. The number of sulfone groups is 1. The molecule has 7 nitrogen and oxygen atoms in total. The number of carbonyl (C=O) groups excluding carboxylic acids is 1. The quantitative estimate of drug-likeness (QED) is 0.836. The van der Waals surface area contributed by atoms with Crippen LogP contribution in [0.2, 0.25) is 0 Å². The van der Waals surface area contributed by atoms with Crippen LogP contribution >= 0.6 is 0 Å². The Morgan fingerprint density at radius 1 is 1.30 bits per heavy atom. The molecule has 2 aliphatic heterocycles. The molecule has 2 atom stereocenters. The molecule has 2 aromatic rings. The maximum absolute atomic E-state index is 12.7. The molecule has 27 heavy (non-hydrogen) atoms. The van der Waals surface area contributed by atoms with E-state index in [1.54, 1.807) is 4.90 Å². The molecule has 0 saturated carbocycles. The van der Waals surface area contributed by atoms with E-state index in [-0.39, 0.29) is 29.4 Å². The Labute approximate surface area is 157 Å². The van der Waals surface area contributed by atoms with E-state index in [2.05, 4.69) is 4.98 Å². The van der Waals surface area contributed by atoms with Crippen LogP contribution in [0, 0.1) is 6.92 Å². The van der Waals surface area contributed by atoms with Crippen LogP contribution < -0.4 is 5.56 Å². The SMILES string of the molecule is Cc1ccc2cc(CCC(=O)N3CCOC4CS(=O)(=O)CC43)c(=O)[nH]c2c1. The maximum Gasteiger partial charge on any atom is 0.251 e. The summed E-state index contributed by atoms with van der Waals surface area (Å²) in [6, 6.07) is 7.25. The maximum atomic E-state index is 12.7. The van der Waals surface area contributed by atoms with Gasteiger partial charge in [0.05, 0.1) is 30.3 Å². The van der Waals surface area contributed by atoms with Gasteiger partial charge >= 0.3 is 0 Å². The van der Waals surface area contributed by atoms with Crippen LogP contribution in [-0.4, -0.2) is 61.0 Å². The summed E-state index contributed by atoms with van der Waals surface area (Å²) < 4.78 is 29.3. The standard InChI is InChI=1S/C19H22N2O5S/c1-12-2-3-13-9-14(19(23)20-15(13)8-12)4-5-18(22)21-6-7-26-17-11-27(24,25)10-16(17)21/h2-3,8-9,16-17H,4-7,10-11H2,1H3,(H,20,23). The van der Waals surface area contributed by atoms with Crippen molar-refractivity contribution >= 4 is 26.6 Å². The van der Waals surface area contributed by atoms with Crippen LogP contribution in [0.25, 0.3) is 10.9 Å². The molecule has 2 fully saturated rings. The monoisotopic (exact) mass is 390 g/mol. The molecular formula is C19H22N2O5S. The molecule has 2 aliphatic rings. The van der Waals surface area contributed by atoms with Crippen LogP contribution in [0.3, 0.4) is 0 Å². The summed E-state index contributed by atoms with van der Waals surface area (Å²) >= 11 is 0. The minimum Gasteiger partial charge on any atom is -0.373 e. The van der Waals surface area contributed by atoms with E-state index < -0.39 is 22.0 Å². The summed E-state index contributed by atoms with van der Waals surface area (Å²) in [6.45, 7) is 2.70. The van der Waals surface area contributed by atoms with Crippen LogP contribution in [-0.2, 0) is 25.8 Å². The number of pyridine rings is 1. The van der Waals surface area contributed by atoms with Gasteiger partial charge in [-0.3, -0.25) is 9.59 Å². The lowest BCUT2D eigenvalue weighted by molar-refractivity contribution is -0.142. The molecule has 1 N–H and O–H groups in total. The number of ether oxygens (including phenoxy) is 1. The highest BCUT2D eigenvalue weighted by molar-refractivity contribution is 7.91. The third-order valence-electron chi connectivity index (χ3n) is 5.34.